The van der Waals surface area contributed by atoms with Crippen LogP contribution in [-0.4, -0.2) is 18.8 Å². The number of hydrogen-bond acceptors (Lipinski definition) is 3. The monoisotopic (exact) mass is 325 g/mol. The van der Waals surface area contributed by atoms with Gasteiger partial charge in [0.15, 0.2) is 0 Å². The van der Waals surface area contributed by atoms with Crippen molar-refractivity contribution in [1.29, 1.82) is 0 Å². The number of anilines is 1. The molecule has 2 rings (SSSR count). The van der Waals surface area contributed by atoms with Crippen molar-refractivity contribution >= 4 is 17.4 Å². The molecule has 2 aromatic carbocycles. The molecule has 0 fully saturated rings. The van der Waals surface area contributed by atoms with Crippen LogP contribution in [0.3, 0.4) is 0 Å². The Hall–Kier alpha value is -2.62. The van der Waals surface area contributed by atoms with Gasteiger partial charge in [-0.15, -0.1) is 0 Å². The second-order valence-corrected chi connectivity index (χ2v) is 5.68. The number of rotatable bonds is 9. The lowest BCUT2D eigenvalue weighted by Gasteiger charge is -2.06. The molecule has 0 saturated carbocycles. The summed E-state index contributed by atoms with van der Waals surface area (Å²) in [6.07, 6.45) is 2.86. The summed E-state index contributed by atoms with van der Waals surface area (Å²) >= 11 is 0. The molecule has 1 N–H and O–H groups in total. The molecule has 0 aromatic heterocycles. The predicted octanol–water partition coefficient (Wildman–Crippen LogP) is 4.01. The number of amides is 1. The van der Waals surface area contributed by atoms with Crippen LogP contribution in [0.2, 0.25) is 0 Å². The van der Waals surface area contributed by atoms with E-state index < -0.39 is 0 Å². The Morgan fingerprint density at radius 2 is 1.58 bits per heavy atom. The Kier molecular flexibility index (Phi) is 7.02. The normalized spacial score (nSPS) is 10.2. The molecule has 0 heterocycles. The minimum atomic E-state index is -0.0318. The van der Waals surface area contributed by atoms with Crippen molar-refractivity contribution in [2.24, 2.45) is 0 Å². The zero-order valence-electron chi connectivity index (χ0n) is 14.0. The molecule has 4 heteroatoms. The first-order valence-corrected chi connectivity index (χ1v) is 8.17. The topological polar surface area (TPSA) is 55.4 Å². The van der Waals surface area contributed by atoms with E-state index >= 15 is 0 Å². The summed E-state index contributed by atoms with van der Waals surface area (Å²) in [6.45, 7) is 0. The van der Waals surface area contributed by atoms with Gasteiger partial charge in [0, 0.05) is 24.9 Å². The quantitative estimate of drug-likeness (QED) is 0.709. The second kappa shape index (κ2) is 9.50. The molecule has 0 aliphatic heterocycles. The molecule has 0 saturated heterocycles. The fraction of sp³-hybridized carbons (Fsp3) is 0.300. The lowest BCUT2D eigenvalue weighted by Crippen LogP contribution is -2.11. The van der Waals surface area contributed by atoms with Crippen molar-refractivity contribution in [2.45, 2.75) is 32.1 Å². The van der Waals surface area contributed by atoms with Crippen molar-refractivity contribution in [3.8, 4) is 5.75 Å². The van der Waals surface area contributed by atoms with Crippen molar-refractivity contribution in [2.75, 3.05) is 12.4 Å². The summed E-state index contributed by atoms with van der Waals surface area (Å²) in [4.78, 5) is 23.8. The lowest BCUT2D eigenvalue weighted by atomic mass is 10.0. The fourth-order valence-electron chi connectivity index (χ4n) is 2.42. The van der Waals surface area contributed by atoms with E-state index in [9.17, 15) is 9.59 Å². The summed E-state index contributed by atoms with van der Waals surface area (Å²) in [5.41, 5.74) is 1.79. The zero-order valence-corrected chi connectivity index (χ0v) is 14.0. The number of hydrogen-bond donors (Lipinski definition) is 1. The average molecular weight is 325 g/mol. The van der Waals surface area contributed by atoms with E-state index in [2.05, 4.69) is 5.32 Å². The number of unbranched alkanes of at least 4 members (excludes halogenated alkanes) is 1. The number of carbonyl (C=O) groups excluding carboxylic acids is 2. The van der Waals surface area contributed by atoms with E-state index in [0.717, 1.165) is 23.4 Å². The third-order valence-electron chi connectivity index (χ3n) is 3.73. The van der Waals surface area contributed by atoms with Crippen LogP contribution in [0.4, 0.5) is 5.69 Å². The van der Waals surface area contributed by atoms with E-state index in [1.165, 1.54) is 0 Å². The maximum absolute atomic E-state index is 11.9. The fourth-order valence-corrected chi connectivity index (χ4v) is 2.42. The van der Waals surface area contributed by atoms with Crippen molar-refractivity contribution in [3.63, 3.8) is 0 Å². The van der Waals surface area contributed by atoms with Crippen LogP contribution in [0.1, 0.15) is 31.2 Å². The summed E-state index contributed by atoms with van der Waals surface area (Å²) in [7, 11) is 1.60. The molecule has 0 radical (unpaired) electrons. The van der Waals surface area contributed by atoms with E-state index in [1.54, 1.807) is 31.4 Å². The highest BCUT2D eigenvalue weighted by molar-refractivity contribution is 5.90. The van der Waals surface area contributed by atoms with E-state index in [1.807, 2.05) is 30.3 Å². The van der Waals surface area contributed by atoms with Gasteiger partial charge in [-0.05, 0) is 42.7 Å². The number of carbonyl (C=O) groups is 2. The SMILES string of the molecule is COc1ccc(NC(=O)CCCCC(=O)Cc2ccccc2)cc1. The van der Waals surface area contributed by atoms with Gasteiger partial charge in [0.05, 0.1) is 7.11 Å². The molecule has 2 aromatic rings. The number of Topliss-reactive ketones (excluding diaryl/α,β-unsaturated/α-hetero) is 1. The Balaban J connectivity index is 1.62. The minimum Gasteiger partial charge on any atom is -0.497 e. The van der Waals surface area contributed by atoms with Crippen LogP contribution < -0.4 is 10.1 Å². The Labute approximate surface area is 142 Å². The van der Waals surface area contributed by atoms with Crippen LogP contribution in [-0.2, 0) is 16.0 Å². The summed E-state index contributed by atoms with van der Waals surface area (Å²) in [6, 6.07) is 16.9. The highest BCUT2D eigenvalue weighted by Crippen LogP contribution is 2.15. The number of methoxy groups -OCH3 is 1. The number of nitrogens with one attached hydrogen (secondary N) is 1. The van der Waals surface area contributed by atoms with E-state index in [-0.39, 0.29) is 11.7 Å². The third kappa shape index (κ3) is 6.24. The standard InChI is InChI=1S/C20H23NO3/c1-24-19-13-11-17(12-14-19)21-20(23)10-6-5-9-18(22)15-16-7-3-2-4-8-16/h2-4,7-8,11-14H,5-6,9-10,15H2,1H3,(H,21,23). The highest BCUT2D eigenvalue weighted by atomic mass is 16.5. The zero-order chi connectivity index (χ0) is 17.2. The first kappa shape index (κ1) is 17.7. The molecular formula is C20H23NO3. The third-order valence-corrected chi connectivity index (χ3v) is 3.73. The summed E-state index contributed by atoms with van der Waals surface area (Å²) in [5, 5.41) is 2.84. The minimum absolute atomic E-state index is 0.0318. The molecule has 1 amide bonds. The van der Waals surface area contributed by atoms with Crippen LogP contribution in [0, 0.1) is 0 Å². The van der Waals surface area contributed by atoms with E-state index in [0.29, 0.717) is 25.7 Å². The number of ether oxygens (including phenoxy) is 1. The van der Waals surface area contributed by atoms with Crippen molar-refractivity contribution in [1.82, 2.24) is 0 Å². The maximum Gasteiger partial charge on any atom is 0.224 e. The molecule has 0 unspecified atom stereocenters. The van der Waals surface area contributed by atoms with Crippen molar-refractivity contribution < 1.29 is 14.3 Å². The van der Waals surface area contributed by atoms with Gasteiger partial charge in [-0.3, -0.25) is 9.59 Å². The van der Waals surface area contributed by atoms with Gasteiger partial charge in [-0.2, -0.15) is 0 Å². The molecule has 0 spiro atoms. The van der Waals surface area contributed by atoms with Gasteiger partial charge in [0.2, 0.25) is 5.91 Å². The van der Waals surface area contributed by atoms with Crippen molar-refractivity contribution in [3.05, 3.63) is 60.2 Å². The summed E-state index contributed by atoms with van der Waals surface area (Å²) < 4.78 is 5.07. The van der Waals surface area contributed by atoms with Crippen LogP contribution in [0.5, 0.6) is 5.75 Å². The van der Waals surface area contributed by atoms with Crippen LogP contribution in [0.15, 0.2) is 54.6 Å². The molecule has 24 heavy (non-hydrogen) atoms. The Morgan fingerprint density at radius 3 is 2.25 bits per heavy atom. The lowest BCUT2D eigenvalue weighted by molar-refractivity contribution is -0.119. The molecule has 126 valence electrons. The Morgan fingerprint density at radius 1 is 0.917 bits per heavy atom. The molecule has 0 atom stereocenters. The van der Waals surface area contributed by atoms with Gasteiger partial charge in [0.1, 0.15) is 11.5 Å². The van der Waals surface area contributed by atoms with Gasteiger partial charge >= 0.3 is 0 Å². The largest absolute Gasteiger partial charge is 0.497 e. The molecule has 0 bridgehead atoms. The smallest absolute Gasteiger partial charge is 0.224 e. The molecular weight excluding hydrogens is 302 g/mol. The van der Waals surface area contributed by atoms with E-state index in [4.69, 9.17) is 4.74 Å². The molecule has 0 aliphatic carbocycles. The maximum atomic E-state index is 11.9. The van der Waals surface area contributed by atoms with Gasteiger partial charge < -0.3 is 10.1 Å². The highest BCUT2D eigenvalue weighted by Gasteiger charge is 2.06. The second-order valence-electron chi connectivity index (χ2n) is 5.68. The average Bonchev–Trinajstić information content (AvgIpc) is 2.60. The first-order chi connectivity index (χ1) is 11.7. The van der Waals surface area contributed by atoms with Crippen LogP contribution >= 0.6 is 0 Å². The van der Waals surface area contributed by atoms with Gasteiger partial charge in [-0.25, -0.2) is 0 Å². The van der Waals surface area contributed by atoms with Gasteiger partial charge in [0.25, 0.3) is 0 Å². The molecule has 0 aliphatic rings. The number of ketones is 1. The first-order valence-electron chi connectivity index (χ1n) is 8.17. The number of benzene rings is 2. The van der Waals surface area contributed by atoms with Crippen LogP contribution in [0.25, 0.3) is 0 Å². The molecule has 4 nitrogen and oxygen atoms in total. The Bertz CT molecular complexity index is 650. The van der Waals surface area contributed by atoms with Gasteiger partial charge in [-0.1, -0.05) is 30.3 Å². The predicted molar refractivity (Wildman–Crippen MR) is 95.2 cm³/mol. The summed E-state index contributed by atoms with van der Waals surface area (Å²) in [5.74, 6) is 0.942.